The molecule has 0 radical (unpaired) electrons. The summed E-state index contributed by atoms with van der Waals surface area (Å²) in [5.74, 6) is 0.847. The van der Waals surface area contributed by atoms with Gasteiger partial charge in [-0.25, -0.2) is 4.98 Å². The molecule has 102 valence electrons. The van der Waals surface area contributed by atoms with Crippen LogP contribution in [0.2, 0.25) is 0 Å². The number of hydrogen-bond donors (Lipinski definition) is 1. The zero-order valence-electron chi connectivity index (χ0n) is 11.5. The van der Waals surface area contributed by atoms with Crippen molar-refractivity contribution in [3.8, 4) is 5.75 Å². The fraction of sp³-hybridized carbons (Fsp3) is 0.357. The Morgan fingerprint density at radius 2 is 2.21 bits per heavy atom. The summed E-state index contributed by atoms with van der Waals surface area (Å²) in [6, 6.07) is 5.99. The lowest BCUT2D eigenvalue weighted by Crippen LogP contribution is -2.19. The number of anilines is 1. The van der Waals surface area contributed by atoms with Crippen LogP contribution in [-0.4, -0.2) is 19.1 Å². The third-order valence-electron chi connectivity index (χ3n) is 3.15. The standard InChI is InChI=1S/C14H19N3OS/c1-10-14(19-9-16-10)8-17(2)13-6-12(18-3)5-4-11(13)7-15/h4-6,9H,7-8,15H2,1-3H3. The van der Waals surface area contributed by atoms with Crippen molar-refractivity contribution >= 4 is 17.0 Å². The molecule has 0 saturated heterocycles. The molecule has 0 unspecified atom stereocenters. The van der Waals surface area contributed by atoms with E-state index in [1.165, 1.54) is 4.88 Å². The molecular formula is C14H19N3OS. The Kier molecular flexibility index (Phi) is 4.39. The van der Waals surface area contributed by atoms with E-state index in [2.05, 4.69) is 16.9 Å². The van der Waals surface area contributed by atoms with Crippen LogP contribution in [0, 0.1) is 6.92 Å². The number of thiazole rings is 1. The van der Waals surface area contributed by atoms with Crippen molar-refractivity contribution in [2.24, 2.45) is 5.73 Å². The highest BCUT2D eigenvalue weighted by molar-refractivity contribution is 7.09. The fourth-order valence-corrected chi connectivity index (χ4v) is 2.81. The number of nitrogens with zero attached hydrogens (tertiary/aromatic N) is 2. The Morgan fingerprint density at radius 1 is 1.42 bits per heavy atom. The van der Waals surface area contributed by atoms with Crippen LogP contribution in [0.4, 0.5) is 5.69 Å². The van der Waals surface area contributed by atoms with E-state index in [-0.39, 0.29) is 0 Å². The Hall–Kier alpha value is -1.59. The highest BCUT2D eigenvalue weighted by Crippen LogP contribution is 2.27. The van der Waals surface area contributed by atoms with E-state index in [9.17, 15) is 0 Å². The van der Waals surface area contributed by atoms with Gasteiger partial charge < -0.3 is 15.4 Å². The molecule has 4 nitrogen and oxygen atoms in total. The van der Waals surface area contributed by atoms with E-state index >= 15 is 0 Å². The van der Waals surface area contributed by atoms with Crippen molar-refractivity contribution in [1.82, 2.24) is 4.98 Å². The molecule has 1 aromatic heterocycles. The zero-order chi connectivity index (χ0) is 13.8. The van der Waals surface area contributed by atoms with Gasteiger partial charge in [-0.1, -0.05) is 6.07 Å². The topological polar surface area (TPSA) is 51.4 Å². The van der Waals surface area contributed by atoms with E-state index in [4.69, 9.17) is 10.5 Å². The number of hydrogen-bond acceptors (Lipinski definition) is 5. The first-order valence-corrected chi connectivity index (χ1v) is 7.00. The minimum absolute atomic E-state index is 0.519. The summed E-state index contributed by atoms with van der Waals surface area (Å²) in [7, 11) is 3.74. The highest BCUT2D eigenvalue weighted by Gasteiger charge is 2.11. The summed E-state index contributed by atoms with van der Waals surface area (Å²) in [6.07, 6.45) is 0. The summed E-state index contributed by atoms with van der Waals surface area (Å²) >= 11 is 1.68. The number of rotatable bonds is 5. The largest absolute Gasteiger partial charge is 0.497 e. The lowest BCUT2D eigenvalue weighted by Gasteiger charge is -2.22. The van der Waals surface area contributed by atoms with Gasteiger partial charge in [-0.05, 0) is 18.6 Å². The summed E-state index contributed by atoms with van der Waals surface area (Å²) in [5, 5.41) is 0. The molecule has 2 rings (SSSR count). The number of ether oxygens (including phenoxy) is 1. The Labute approximate surface area is 117 Å². The van der Waals surface area contributed by atoms with Gasteiger partial charge in [0.2, 0.25) is 0 Å². The van der Waals surface area contributed by atoms with Crippen LogP contribution in [0.5, 0.6) is 5.75 Å². The molecule has 0 aliphatic rings. The van der Waals surface area contributed by atoms with Gasteiger partial charge in [-0.3, -0.25) is 0 Å². The molecule has 0 aliphatic carbocycles. The molecule has 2 aromatic rings. The quantitative estimate of drug-likeness (QED) is 0.912. The maximum absolute atomic E-state index is 5.81. The minimum Gasteiger partial charge on any atom is -0.497 e. The average Bonchev–Trinajstić information content (AvgIpc) is 2.83. The predicted octanol–water partition coefficient (Wildman–Crippen LogP) is 2.56. The van der Waals surface area contributed by atoms with Gasteiger partial charge in [0, 0.05) is 30.2 Å². The lowest BCUT2D eigenvalue weighted by atomic mass is 10.1. The molecule has 0 fully saturated rings. The van der Waals surface area contributed by atoms with Gasteiger partial charge in [-0.15, -0.1) is 11.3 Å². The van der Waals surface area contributed by atoms with Crippen LogP contribution < -0.4 is 15.4 Å². The molecule has 0 amide bonds. The summed E-state index contributed by atoms with van der Waals surface area (Å²) < 4.78 is 5.29. The van der Waals surface area contributed by atoms with E-state index in [1.54, 1.807) is 18.4 Å². The number of nitrogens with two attached hydrogens (primary N) is 1. The van der Waals surface area contributed by atoms with Crippen molar-refractivity contribution in [3.63, 3.8) is 0 Å². The smallest absolute Gasteiger partial charge is 0.120 e. The molecule has 0 aliphatic heterocycles. The van der Waals surface area contributed by atoms with Crippen LogP contribution >= 0.6 is 11.3 Å². The van der Waals surface area contributed by atoms with E-state index in [0.29, 0.717) is 6.54 Å². The van der Waals surface area contributed by atoms with E-state index in [1.807, 2.05) is 30.6 Å². The van der Waals surface area contributed by atoms with Gasteiger partial charge in [0.1, 0.15) is 5.75 Å². The van der Waals surface area contributed by atoms with Gasteiger partial charge in [0.05, 0.1) is 24.9 Å². The Balaban J connectivity index is 2.26. The second kappa shape index (κ2) is 6.04. The van der Waals surface area contributed by atoms with Crippen LogP contribution in [0.15, 0.2) is 23.7 Å². The molecule has 0 atom stereocenters. The molecular weight excluding hydrogens is 258 g/mol. The third-order valence-corrected chi connectivity index (χ3v) is 4.07. The van der Waals surface area contributed by atoms with Crippen LogP contribution in [0.3, 0.4) is 0 Å². The number of benzene rings is 1. The molecule has 1 aromatic carbocycles. The normalized spacial score (nSPS) is 10.5. The average molecular weight is 277 g/mol. The Morgan fingerprint density at radius 3 is 2.79 bits per heavy atom. The third kappa shape index (κ3) is 3.05. The van der Waals surface area contributed by atoms with Crippen LogP contribution in [0.25, 0.3) is 0 Å². The summed E-state index contributed by atoms with van der Waals surface area (Å²) in [5.41, 5.74) is 11.0. The number of aryl methyl sites for hydroxylation is 1. The van der Waals surface area contributed by atoms with Gasteiger partial charge in [0.25, 0.3) is 0 Å². The van der Waals surface area contributed by atoms with Crippen molar-refractivity contribution in [2.75, 3.05) is 19.1 Å². The first-order valence-electron chi connectivity index (χ1n) is 6.12. The van der Waals surface area contributed by atoms with Crippen molar-refractivity contribution in [2.45, 2.75) is 20.0 Å². The van der Waals surface area contributed by atoms with Gasteiger partial charge in [0.15, 0.2) is 0 Å². The highest BCUT2D eigenvalue weighted by atomic mass is 32.1. The Bertz CT molecular complexity index is 553. The summed E-state index contributed by atoms with van der Waals surface area (Å²) in [6.45, 7) is 3.39. The van der Waals surface area contributed by atoms with Crippen molar-refractivity contribution in [3.05, 3.63) is 39.8 Å². The van der Waals surface area contributed by atoms with Crippen LogP contribution in [0.1, 0.15) is 16.1 Å². The minimum atomic E-state index is 0.519. The number of aromatic nitrogens is 1. The molecule has 0 spiro atoms. The maximum atomic E-state index is 5.81. The molecule has 1 heterocycles. The summed E-state index contributed by atoms with van der Waals surface area (Å²) in [4.78, 5) is 7.74. The van der Waals surface area contributed by atoms with Crippen LogP contribution in [-0.2, 0) is 13.1 Å². The van der Waals surface area contributed by atoms with E-state index < -0.39 is 0 Å². The second-order valence-corrected chi connectivity index (χ2v) is 5.36. The molecule has 2 N–H and O–H groups in total. The first-order chi connectivity index (χ1) is 9.15. The van der Waals surface area contributed by atoms with Crippen molar-refractivity contribution < 1.29 is 4.74 Å². The second-order valence-electron chi connectivity index (χ2n) is 4.42. The SMILES string of the molecule is COc1ccc(CN)c(N(C)Cc2scnc2C)c1. The fourth-order valence-electron chi connectivity index (χ4n) is 1.98. The molecule has 19 heavy (non-hydrogen) atoms. The first kappa shape index (κ1) is 13.8. The zero-order valence-corrected chi connectivity index (χ0v) is 12.3. The maximum Gasteiger partial charge on any atom is 0.120 e. The lowest BCUT2D eigenvalue weighted by molar-refractivity contribution is 0.414. The van der Waals surface area contributed by atoms with Gasteiger partial charge in [-0.2, -0.15) is 0 Å². The molecule has 0 bridgehead atoms. The van der Waals surface area contributed by atoms with Crippen molar-refractivity contribution in [1.29, 1.82) is 0 Å². The monoisotopic (exact) mass is 277 g/mol. The van der Waals surface area contributed by atoms with E-state index in [0.717, 1.165) is 29.2 Å². The van der Waals surface area contributed by atoms with Gasteiger partial charge >= 0.3 is 0 Å². The number of methoxy groups -OCH3 is 1. The molecule has 5 heteroatoms. The molecule has 0 saturated carbocycles. The predicted molar refractivity (Wildman–Crippen MR) is 79.8 cm³/mol.